The molecule has 1 N–H and O–H groups in total. The van der Waals surface area contributed by atoms with Crippen molar-refractivity contribution in [3.05, 3.63) is 95.6 Å². The van der Waals surface area contributed by atoms with E-state index in [-0.39, 0.29) is 48.9 Å². The molecule has 0 fully saturated rings. The average molecular weight is 808 g/mol. The summed E-state index contributed by atoms with van der Waals surface area (Å²) in [5.74, 6) is 1.49. The van der Waals surface area contributed by atoms with Crippen molar-refractivity contribution < 1.29 is 34.4 Å². The van der Waals surface area contributed by atoms with Gasteiger partial charge in [-0.2, -0.15) is 0 Å². The molecule has 0 atom stereocenters. The van der Waals surface area contributed by atoms with E-state index in [1.165, 1.54) is 28.2 Å². The van der Waals surface area contributed by atoms with Crippen LogP contribution in [0.4, 0.5) is 0 Å². The molecule has 1 radical (unpaired) electrons. The first kappa shape index (κ1) is 36.2. The van der Waals surface area contributed by atoms with Crippen LogP contribution in [0.25, 0.3) is 44.3 Å². The summed E-state index contributed by atoms with van der Waals surface area (Å²) in [6.45, 7) is 14.9. The second-order valence-electron chi connectivity index (χ2n) is 13.4. The van der Waals surface area contributed by atoms with Crippen molar-refractivity contribution in [1.29, 1.82) is 0 Å². The standard InChI is InChI=1S/C28H23N2O.C13H24O2.Ir/c1-28(2,3)23-15-19(14-18-6-4-5-7-20(18)23)26-25-21-9-8-17-10-12-29-16-22(17)27(21)31-24(25)11-13-30-26;1-5-10(6-2)12(14)9-13(15)11(7-3)8-4;/h4-7,10-13,15-16H,8-9H2,1-3H3;9-11,14H,5-8H2,1-4H3;/q-1;;/b;12-9-;. The third-order valence-electron chi connectivity index (χ3n) is 9.42. The zero-order valence-corrected chi connectivity index (χ0v) is 31.1. The van der Waals surface area contributed by atoms with Crippen LogP contribution in [0.2, 0.25) is 0 Å². The first-order valence-electron chi connectivity index (χ1n) is 16.8. The fourth-order valence-corrected chi connectivity index (χ4v) is 6.63. The molecule has 2 aromatic carbocycles. The number of pyridine rings is 2. The Hall–Kier alpha value is -3.60. The van der Waals surface area contributed by atoms with Gasteiger partial charge in [-0.15, -0.1) is 29.1 Å². The smallest absolute Gasteiger partial charge is 0.162 e. The van der Waals surface area contributed by atoms with E-state index in [1.807, 2.05) is 52.4 Å². The van der Waals surface area contributed by atoms with Gasteiger partial charge in [0.15, 0.2) is 5.78 Å². The summed E-state index contributed by atoms with van der Waals surface area (Å²) < 4.78 is 6.37. The van der Waals surface area contributed by atoms with Crippen LogP contribution in [0.15, 0.2) is 77.3 Å². The van der Waals surface area contributed by atoms with Gasteiger partial charge < -0.3 is 9.52 Å². The number of ketones is 1. The molecule has 0 unspecified atom stereocenters. The third kappa shape index (κ3) is 7.60. The number of aromatic nitrogens is 2. The van der Waals surface area contributed by atoms with Crippen LogP contribution in [0.1, 0.15) is 90.8 Å². The molecule has 0 aliphatic heterocycles. The molecule has 3 aromatic heterocycles. The predicted molar refractivity (Wildman–Crippen MR) is 189 cm³/mol. The maximum Gasteiger partial charge on any atom is 0.162 e. The second-order valence-corrected chi connectivity index (χ2v) is 13.4. The molecule has 1 aliphatic carbocycles. The van der Waals surface area contributed by atoms with E-state index >= 15 is 0 Å². The van der Waals surface area contributed by atoms with Crippen LogP contribution < -0.4 is 0 Å². The van der Waals surface area contributed by atoms with Gasteiger partial charge in [-0.3, -0.25) is 14.8 Å². The fraction of sp³-hybridized carbons (Fsp3) is 0.390. The summed E-state index contributed by atoms with van der Waals surface area (Å²) >= 11 is 0. The van der Waals surface area contributed by atoms with Crippen molar-refractivity contribution in [2.75, 3.05) is 0 Å². The number of allylic oxidation sites excluding steroid dienone is 2. The van der Waals surface area contributed by atoms with Crippen LogP contribution in [0, 0.1) is 17.9 Å². The Morgan fingerprint density at radius 3 is 2.36 bits per heavy atom. The zero-order valence-electron chi connectivity index (χ0n) is 28.7. The Balaban J connectivity index is 0.000000269. The maximum absolute atomic E-state index is 11.7. The molecule has 0 spiro atoms. The van der Waals surface area contributed by atoms with Crippen LogP contribution in [-0.2, 0) is 43.2 Å². The van der Waals surface area contributed by atoms with Crippen molar-refractivity contribution in [3.8, 4) is 22.6 Å². The minimum absolute atomic E-state index is 0. The number of carbonyl (C=O) groups excluding carboxylic acids is 1. The van der Waals surface area contributed by atoms with Crippen molar-refractivity contribution in [3.63, 3.8) is 0 Å². The number of benzene rings is 2. The normalized spacial score (nSPS) is 12.8. The number of aliphatic hydroxyl groups is 1. The predicted octanol–water partition coefficient (Wildman–Crippen LogP) is 10.8. The maximum atomic E-state index is 11.7. The number of aliphatic hydroxyl groups excluding tert-OH is 1. The average Bonchev–Trinajstić information content (AvgIpc) is 3.45. The largest absolute Gasteiger partial charge is 0.512 e. The number of furan rings is 1. The molecular formula is C41H47IrN2O3-. The van der Waals surface area contributed by atoms with Gasteiger partial charge in [-0.25, -0.2) is 0 Å². The topological polar surface area (TPSA) is 76.2 Å². The summed E-state index contributed by atoms with van der Waals surface area (Å²) in [5, 5.41) is 13.2. The Morgan fingerprint density at radius 1 is 0.979 bits per heavy atom. The summed E-state index contributed by atoms with van der Waals surface area (Å²) in [4.78, 5) is 20.9. The molecule has 3 heterocycles. The minimum atomic E-state index is 0. The Kier molecular flexibility index (Phi) is 12.0. The van der Waals surface area contributed by atoms with Crippen molar-refractivity contribution in [1.82, 2.24) is 9.97 Å². The number of carbonyl (C=O) groups is 1. The molecular weight excluding hydrogens is 761 g/mol. The molecule has 1 aliphatic rings. The third-order valence-corrected chi connectivity index (χ3v) is 9.42. The van der Waals surface area contributed by atoms with Gasteiger partial charge in [-0.1, -0.05) is 77.6 Å². The van der Waals surface area contributed by atoms with Gasteiger partial charge in [0.2, 0.25) is 0 Å². The Bertz CT molecular complexity index is 1870. The van der Waals surface area contributed by atoms with Crippen molar-refractivity contribution >= 4 is 27.5 Å². The summed E-state index contributed by atoms with van der Waals surface area (Å²) in [7, 11) is 0. The molecule has 0 amide bonds. The summed E-state index contributed by atoms with van der Waals surface area (Å²) in [6.07, 6.45) is 12.5. The molecule has 6 rings (SSSR count). The Labute approximate surface area is 293 Å². The first-order valence-corrected chi connectivity index (χ1v) is 16.8. The van der Waals surface area contributed by atoms with E-state index in [0.717, 1.165) is 77.5 Å². The quantitative estimate of drug-likeness (QED) is 0.0960. The van der Waals surface area contributed by atoms with E-state index in [4.69, 9.17) is 9.40 Å². The van der Waals surface area contributed by atoms with Gasteiger partial charge in [-0.05, 0) is 61.6 Å². The van der Waals surface area contributed by atoms with Crippen LogP contribution >= 0.6 is 0 Å². The first-order chi connectivity index (χ1) is 22.1. The Morgan fingerprint density at radius 2 is 1.68 bits per heavy atom. The number of hydrogen-bond donors (Lipinski definition) is 1. The van der Waals surface area contributed by atoms with E-state index in [1.54, 1.807) is 0 Å². The van der Waals surface area contributed by atoms with Gasteiger partial charge in [0.05, 0.1) is 5.76 Å². The molecule has 0 saturated carbocycles. The number of rotatable bonds is 8. The van der Waals surface area contributed by atoms with E-state index < -0.39 is 0 Å². The number of fused-ring (bicyclic) bond motifs is 6. The van der Waals surface area contributed by atoms with Gasteiger partial charge in [0.1, 0.15) is 11.3 Å². The SMILES string of the molecule is CC(C)(C)c1cc(-c2nccc3oc4c(c23)CCc2ccncc2-4)[c-]c2ccccc12.CCC(CC)C(=O)/C=C(\O)C(CC)CC.[Ir]. The molecule has 6 heteroatoms. The van der Waals surface area contributed by atoms with Crippen LogP contribution in [-0.4, -0.2) is 20.9 Å². The molecule has 5 nitrogen and oxygen atoms in total. The molecule has 249 valence electrons. The van der Waals surface area contributed by atoms with E-state index in [9.17, 15) is 9.90 Å². The van der Waals surface area contributed by atoms with E-state index in [2.05, 4.69) is 68.2 Å². The van der Waals surface area contributed by atoms with Crippen molar-refractivity contribution in [2.24, 2.45) is 11.8 Å². The fourth-order valence-electron chi connectivity index (χ4n) is 6.63. The summed E-state index contributed by atoms with van der Waals surface area (Å²) in [5.41, 5.74) is 7.80. The monoisotopic (exact) mass is 808 g/mol. The number of aryl methyl sites for hydroxylation is 2. The summed E-state index contributed by atoms with van der Waals surface area (Å²) in [6, 6.07) is 18.5. The molecule has 0 bridgehead atoms. The zero-order chi connectivity index (χ0) is 33.0. The molecule has 5 aromatic rings. The second kappa shape index (κ2) is 15.5. The van der Waals surface area contributed by atoms with Crippen molar-refractivity contribution in [2.45, 2.75) is 92.4 Å². The molecule has 47 heavy (non-hydrogen) atoms. The number of nitrogens with zero attached hydrogens (tertiary/aromatic N) is 2. The van der Waals surface area contributed by atoms with Crippen LogP contribution in [0.3, 0.4) is 0 Å². The van der Waals surface area contributed by atoms with Gasteiger partial charge >= 0.3 is 0 Å². The minimum Gasteiger partial charge on any atom is -0.512 e. The van der Waals surface area contributed by atoms with Gasteiger partial charge in [0.25, 0.3) is 0 Å². The van der Waals surface area contributed by atoms with Gasteiger partial charge in [0, 0.05) is 78.8 Å². The van der Waals surface area contributed by atoms with Crippen LogP contribution in [0.5, 0.6) is 0 Å². The van der Waals surface area contributed by atoms with E-state index in [0.29, 0.717) is 0 Å². The number of hydrogen-bond acceptors (Lipinski definition) is 5. The molecule has 0 saturated heterocycles.